The van der Waals surface area contributed by atoms with Crippen LogP contribution in [0.5, 0.6) is 0 Å². The molecule has 0 saturated heterocycles. The molecular weight excluding hydrogens is 164 g/mol. The molecule has 0 unspecified atom stereocenters. The molecule has 0 bridgehead atoms. The Morgan fingerprint density at radius 3 is 2.62 bits per heavy atom. The summed E-state index contributed by atoms with van der Waals surface area (Å²) in [5.74, 6) is 0.530. The highest BCUT2D eigenvalue weighted by molar-refractivity contribution is 5.97. The molecule has 0 aliphatic rings. The van der Waals surface area contributed by atoms with E-state index >= 15 is 0 Å². The maximum atomic E-state index is 8.83. The maximum Gasteiger partial charge on any atom is 0.152 e. The van der Waals surface area contributed by atoms with Gasteiger partial charge in [0.1, 0.15) is 0 Å². The minimum Gasteiger partial charge on any atom is -0.290 e. The first-order valence-corrected chi connectivity index (χ1v) is 4.38. The number of aliphatic imine (C=N–C) groups is 1. The lowest BCUT2D eigenvalue weighted by Gasteiger charge is -2.03. The van der Waals surface area contributed by atoms with E-state index in [1.54, 1.807) is 0 Å². The van der Waals surface area contributed by atoms with Gasteiger partial charge in [-0.1, -0.05) is 37.3 Å². The highest BCUT2D eigenvalue weighted by Gasteiger charge is 1.98. The molecule has 70 valence electrons. The van der Waals surface area contributed by atoms with E-state index in [1.165, 1.54) is 0 Å². The first kappa shape index (κ1) is 9.74. The summed E-state index contributed by atoms with van der Waals surface area (Å²) in [7, 11) is 0. The minimum absolute atomic E-state index is 0.530. The lowest BCUT2D eigenvalue weighted by molar-refractivity contribution is 0.234. The fourth-order valence-corrected chi connectivity index (χ4v) is 1.01. The third-order valence-electron chi connectivity index (χ3n) is 1.65. The maximum absolute atomic E-state index is 8.83. The summed E-state index contributed by atoms with van der Waals surface area (Å²) in [5, 5.41) is 8.83. The number of hydroxylamine groups is 1. The van der Waals surface area contributed by atoms with Crippen LogP contribution < -0.4 is 5.48 Å². The molecule has 1 aromatic carbocycles. The third kappa shape index (κ3) is 2.87. The van der Waals surface area contributed by atoms with Gasteiger partial charge in [0.05, 0.1) is 0 Å². The molecule has 1 rings (SSSR count). The zero-order chi connectivity index (χ0) is 9.52. The number of rotatable bonds is 3. The summed E-state index contributed by atoms with van der Waals surface area (Å²) < 4.78 is 0. The van der Waals surface area contributed by atoms with Gasteiger partial charge in [0, 0.05) is 12.1 Å². The van der Waals surface area contributed by atoms with Crippen LogP contribution in [0.2, 0.25) is 0 Å². The Morgan fingerprint density at radius 1 is 1.38 bits per heavy atom. The molecule has 0 atom stereocenters. The quantitative estimate of drug-likeness (QED) is 0.421. The fourth-order valence-electron chi connectivity index (χ4n) is 1.01. The number of nitrogens with one attached hydrogen (secondary N) is 1. The molecule has 0 radical (unpaired) electrons. The van der Waals surface area contributed by atoms with E-state index in [9.17, 15) is 0 Å². The Kier molecular flexibility index (Phi) is 3.99. The summed E-state index contributed by atoms with van der Waals surface area (Å²) in [6.07, 6.45) is 0.970. The normalized spacial score (nSPS) is 11.4. The molecule has 2 N–H and O–H groups in total. The first-order chi connectivity index (χ1) is 6.38. The lowest BCUT2D eigenvalue weighted by Crippen LogP contribution is -2.20. The molecule has 0 aliphatic heterocycles. The van der Waals surface area contributed by atoms with Crippen molar-refractivity contribution in [1.29, 1.82) is 0 Å². The van der Waals surface area contributed by atoms with Gasteiger partial charge >= 0.3 is 0 Å². The van der Waals surface area contributed by atoms with E-state index in [-0.39, 0.29) is 0 Å². The monoisotopic (exact) mass is 178 g/mol. The van der Waals surface area contributed by atoms with Crippen molar-refractivity contribution in [3.05, 3.63) is 35.9 Å². The number of nitrogens with zero attached hydrogens (tertiary/aromatic N) is 1. The molecule has 3 heteroatoms. The van der Waals surface area contributed by atoms with Crippen molar-refractivity contribution in [2.75, 3.05) is 6.54 Å². The second kappa shape index (κ2) is 5.32. The van der Waals surface area contributed by atoms with Crippen LogP contribution in [-0.4, -0.2) is 17.6 Å². The van der Waals surface area contributed by atoms with Crippen molar-refractivity contribution in [2.45, 2.75) is 13.3 Å². The van der Waals surface area contributed by atoms with Gasteiger partial charge in [-0.25, -0.2) is 0 Å². The zero-order valence-electron chi connectivity index (χ0n) is 7.70. The van der Waals surface area contributed by atoms with Crippen LogP contribution >= 0.6 is 0 Å². The Balaban J connectivity index is 2.78. The van der Waals surface area contributed by atoms with E-state index in [4.69, 9.17) is 5.21 Å². The van der Waals surface area contributed by atoms with Gasteiger partial charge in [-0.2, -0.15) is 0 Å². The molecule has 0 heterocycles. The van der Waals surface area contributed by atoms with Crippen LogP contribution in [-0.2, 0) is 0 Å². The predicted molar refractivity (Wildman–Crippen MR) is 53.1 cm³/mol. The number of amidine groups is 1. The van der Waals surface area contributed by atoms with E-state index < -0.39 is 0 Å². The van der Waals surface area contributed by atoms with Gasteiger partial charge in [-0.3, -0.25) is 15.7 Å². The van der Waals surface area contributed by atoms with Gasteiger partial charge in [0.15, 0.2) is 5.84 Å². The van der Waals surface area contributed by atoms with Gasteiger partial charge < -0.3 is 0 Å². The third-order valence-corrected chi connectivity index (χ3v) is 1.65. The average Bonchev–Trinajstić information content (AvgIpc) is 2.21. The van der Waals surface area contributed by atoms with Gasteiger partial charge in [0.25, 0.3) is 0 Å². The Bertz CT molecular complexity index is 270. The van der Waals surface area contributed by atoms with E-state index in [1.807, 2.05) is 37.3 Å². The van der Waals surface area contributed by atoms with Crippen molar-refractivity contribution in [3.63, 3.8) is 0 Å². The Hall–Kier alpha value is -1.35. The molecular formula is C10H14N2O. The Morgan fingerprint density at radius 2 is 2.08 bits per heavy atom. The number of hydrogen-bond donors (Lipinski definition) is 2. The van der Waals surface area contributed by atoms with Gasteiger partial charge in [-0.15, -0.1) is 0 Å². The molecule has 1 aromatic rings. The molecule has 13 heavy (non-hydrogen) atoms. The van der Waals surface area contributed by atoms with Crippen LogP contribution in [0.1, 0.15) is 18.9 Å². The van der Waals surface area contributed by atoms with Crippen LogP contribution in [0.4, 0.5) is 0 Å². The standard InChI is InChI=1S/C10H14N2O/c1-2-8-11-10(12-13)9-6-4-3-5-7-9/h3-7,13H,2,8H2,1H3,(H,11,12). The van der Waals surface area contributed by atoms with Crippen molar-refractivity contribution >= 4 is 5.84 Å². The van der Waals surface area contributed by atoms with Crippen LogP contribution in [0.3, 0.4) is 0 Å². The van der Waals surface area contributed by atoms with Crippen molar-refractivity contribution in [2.24, 2.45) is 4.99 Å². The second-order valence-corrected chi connectivity index (χ2v) is 2.71. The van der Waals surface area contributed by atoms with Crippen LogP contribution in [0.15, 0.2) is 35.3 Å². The highest BCUT2D eigenvalue weighted by atomic mass is 16.5. The van der Waals surface area contributed by atoms with Gasteiger partial charge in [0.2, 0.25) is 0 Å². The first-order valence-electron chi connectivity index (χ1n) is 4.38. The van der Waals surface area contributed by atoms with Crippen molar-refractivity contribution in [3.8, 4) is 0 Å². The highest BCUT2D eigenvalue weighted by Crippen LogP contribution is 1.99. The molecule has 0 aromatic heterocycles. The molecule has 0 spiro atoms. The molecule has 0 aliphatic carbocycles. The van der Waals surface area contributed by atoms with Crippen LogP contribution in [0.25, 0.3) is 0 Å². The van der Waals surface area contributed by atoms with E-state index in [0.717, 1.165) is 18.5 Å². The molecule has 0 fully saturated rings. The number of hydrogen-bond acceptors (Lipinski definition) is 2. The smallest absolute Gasteiger partial charge is 0.152 e. The summed E-state index contributed by atoms with van der Waals surface area (Å²) in [6, 6.07) is 9.55. The summed E-state index contributed by atoms with van der Waals surface area (Å²) >= 11 is 0. The average molecular weight is 178 g/mol. The van der Waals surface area contributed by atoms with Crippen LogP contribution in [0, 0.1) is 0 Å². The van der Waals surface area contributed by atoms with E-state index in [2.05, 4.69) is 10.5 Å². The largest absolute Gasteiger partial charge is 0.290 e. The summed E-state index contributed by atoms with van der Waals surface area (Å²) in [5.41, 5.74) is 3.00. The van der Waals surface area contributed by atoms with Gasteiger partial charge in [-0.05, 0) is 6.42 Å². The fraction of sp³-hybridized carbons (Fsp3) is 0.300. The van der Waals surface area contributed by atoms with E-state index in [0.29, 0.717) is 5.84 Å². The molecule has 0 saturated carbocycles. The van der Waals surface area contributed by atoms with Crippen molar-refractivity contribution < 1.29 is 5.21 Å². The zero-order valence-corrected chi connectivity index (χ0v) is 7.70. The second-order valence-electron chi connectivity index (χ2n) is 2.71. The topological polar surface area (TPSA) is 44.6 Å². The number of benzene rings is 1. The molecule has 0 amide bonds. The Labute approximate surface area is 78.1 Å². The van der Waals surface area contributed by atoms with Crippen molar-refractivity contribution in [1.82, 2.24) is 5.48 Å². The summed E-state index contributed by atoms with van der Waals surface area (Å²) in [4.78, 5) is 4.19. The SMILES string of the molecule is CCCN=C(NO)c1ccccc1. The predicted octanol–water partition coefficient (Wildman–Crippen LogP) is 1.82. The summed E-state index contributed by atoms with van der Waals surface area (Å²) in [6.45, 7) is 2.77. The minimum atomic E-state index is 0.530. The lowest BCUT2D eigenvalue weighted by atomic mass is 10.2. The molecule has 3 nitrogen and oxygen atoms in total.